The van der Waals surface area contributed by atoms with Crippen molar-refractivity contribution >= 4 is 11.5 Å². The topological polar surface area (TPSA) is 12.9 Å². The van der Waals surface area contributed by atoms with Gasteiger partial charge < -0.3 is 0 Å². The molecule has 1 nitrogen and oxygen atoms in total. The molecule has 0 spiro atoms. The zero-order valence-electron chi connectivity index (χ0n) is 6.82. The van der Waals surface area contributed by atoms with E-state index in [0.29, 0.717) is 0 Å². The van der Waals surface area contributed by atoms with E-state index in [4.69, 9.17) is 0 Å². The zero-order valence-corrected chi connectivity index (χ0v) is 7.64. The third-order valence-corrected chi connectivity index (χ3v) is 2.47. The number of nitrogens with zero attached hydrogens (tertiary/aromatic N) is 1. The highest BCUT2D eigenvalue weighted by molar-refractivity contribution is 7.03. The van der Waals surface area contributed by atoms with Crippen LogP contribution in [0.5, 0.6) is 0 Å². The molecule has 0 N–H and O–H groups in total. The molecule has 1 aromatic carbocycles. The minimum Gasteiger partial charge on any atom is -0.201 e. The van der Waals surface area contributed by atoms with Crippen LogP contribution in [0, 0.1) is 6.92 Å². The molecule has 0 saturated heterocycles. The lowest BCUT2D eigenvalue weighted by molar-refractivity contribution is 1.45. The summed E-state index contributed by atoms with van der Waals surface area (Å²) in [5.41, 5.74) is 3.81. The van der Waals surface area contributed by atoms with Gasteiger partial charge in [-0.15, -0.1) is 0 Å². The van der Waals surface area contributed by atoms with Crippen molar-refractivity contribution in [1.82, 2.24) is 4.37 Å². The van der Waals surface area contributed by atoms with Gasteiger partial charge in [0.25, 0.3) is 0 Å². The highest BCUT2D eigenvalue weighted by atomic mass is 32.1. The van der Waals surface area contributed by atoms with Crippen LogP contribution >= 0.6 is 11.5 Å². The molecule has 1 heterocycles. The van der Waals surface area contributed by atoms with E-state index < -0.39 is 0 Å². The first-order chi connectivity index (χ1) is 5.88. The van der Waals surface area contributed by atoms with Crippen LogP contribution in [0.4, 0.5) is 0 Å². The summed E-state index contributed by atoms with van der Waals surface area (Å²) in [6, 6.07) is 8.35. The number of hydrogen-bond donors (Lipinski definition) is 0. The molecule has 12 heavy (non-hydrogen) atoms. The lowest BCUT2D eigenvalue weighted by Gasteiger charge is -2.00. The number of aromatic nitrogens is 1. The lowest BCUT2D eigenvalue weighted by Crippen LogP contribution is -1.78. The fourth-order valence-electron chi connectivity index (χ4n) is 1.23. The van der Waals surface area contributed by atoms with Gasteiger partial charge in [-0.3, -0.25) is 0 Å². The second kappa shape index (κ2) is 3.07. The Bertz CT molecular complexity index is 365. The van der Waals surface area contributed by atoms with E-state index in [9.17, 15) is 0 Å². The van der Waals surface area contributed by atoms with Gasteiger partial charge in [-0.1, -0.05) is 24.3 Å². The SMILES string of the molecule is Cc1ccccc1-c1cnsc1. The van der Waals surface area contributed by atoms with E-state index in [2.05, 4.69) is 40.9 Å². The number of hydrogen-bond acceptors (Lipinski definition) is 2. The molecule has 2 rings (SSSR count). The van der Waals surface area contributed by atoms with Crippen molar-refractivity contribution in [1.29, 1.82) is 0 Å². The van der Waals surface area contributed by atoms with E-state index >= 15 is 0 Å². The number of aryl methyl sites for hydroxylation is 1. The summed E-state index contributed by atoms with van der Waals surface area (Å²) in [6.45, 7) is 2.12. The van der Waals surface area contributed by atoms with Gasteiger partial charge in [-0.2, -0.15) is 0 Å². The highest BCUT2D eigenvalue weighted by Gasteiger charge is 2.00. The summed E-state index contributed by atoms with van der Waals surface area (Å²) in [7, 11) is 0. The Morgan fingerprint density at radius 2 is 2.08 bits per heavy atom. The Hall–Kier alpha value is -1.15. The zero-order chi connectivity index (χ0) is 8.39. The van der Waals surface area contributed by atoms with Gasteiger partial charge in [0.2, 0.25) is 0 Å². The van der Waals surface area contributed by atoms with Crippen LogP contribution < -0.4 is 0 Å². The molecule has 0 aliphatic heterocycles. The van der Waals surface area contributed by atoms with Crippen LogP contribution in [0.3, 0.4) is 0 Å². The van der Waals surface area contributed by atoms with Crippen LogP contribution in [0.25, 0.3) is 11.1 Å². The number of benzene rings is 1. The monoisotopic (exact) mass is 175 g/mol. The predicted molar refractivity (Wildman–Crippen MR) is 52.3 cm³/mol. The molecule has 0 fully saturated rings. The summed E-state index contributed by atoms with van der Waals surface area (Å²) >= 11 is 1.49. The van der Waals surface area contributed by atoms with E-state index in [1.807, 2.05) is 6.20 Å². The third-order valence-electron chi connectivity index (χ3n) is 1.89. The third kappa shape index (κ3) is 1.25. The Morgan fingerprint density at radius 3 is 2.75 bits per heavy atom. The first-order valence-corrected chi connectivity index (χ1v) is 4.67. The molecular formula is C10H9NS. The minimum atomic E-state index is 1.22. The van der Waals surface area contributed by atoms with Crippen LogP contribution in [0.15, 0.2) is 35.8 Å². The molecule has 60 valence electrons. The largest absolute Gasteiger partial charge is 0.201 e. The van der Waals surface area contributed by atoms with Gasteiger partial charge in [0, 0.05) is 17.1 Å². The van der Waals surface area contributed by atoms with Crippen LogP contribution in [0.1, 0.15) is 5.56 Å². The van der Waals surface area contributed by atoms with E-state index in [1.54, 1.807) is 0 Å². The van der Waals surface area contributed by atoms with Gasteiger partial charge in [-0.25, -0.2) is 4.37 Å². The molecule has 0 saturated carbocycles. The average molecular weight is 175 g/mol. The second-order valence-corrected chi connectivity index (χ2v) is 3.39. The van der Waals surface area contributed by atoms with Crippen LogP contribution in [0.2, 0.25) is 0 Å². The standard InChI is InChI=1S/C10H9NS/c1-8-4-2-3-5-10(8)9-6-11-12-7-9/h2-7H,1H3. The van der Waals surface area contributed by atoms with Gasteiger partial charge in [0.15, 0.2) is 0 Å². The molecule has 0 bridgehead atoms. The van der Waals surface area contributed by atoms with Crippen LogP contribution in [-0.4, -0.2) is 4.37 Å². The fraction of sp³-hybridized carbons (Fsp3) is 0.100. The van der Waals surface area contributed by atoms with Crippen molar-refractivity contribution in [2.24, 2.45) is 0 Å². The summed E-state index contributed by atoms with van der Waals surface area (Å²) in [4.78, 5) is 0. The fourth-order valence-corrected chi connectivity index (χ4v) is 1.77. The summed E-state index contributed by atoms with van der Waals surface area (Å²) in [5.74, 6) is 0. The maximum Gasteiger partial charge on any atom is 0.0485 e. The van der Waals surface area contributed by atoms with Crippen molar-refractivity contribution in [3.05, 3.63) is 41.4 Å². The molecule has 2 aromatic rings. The molecule has 2 heteroatoms. The van der Waals surface area contributed by atoms with Crippen molar-refractivity contribution in [3.8, 4) is 11.1 Å². The quantitative estimate of drug-likeness (QED) is 0.649. The van der Waals surface area contributed by atoms with Crippen molar-refractivity contribution in [2.75, 3.05) is 0 Å². The van der Waals surface area contributed by atoms with Crippen molar-refractivity contribution in [2.45, 2.75) is 6.92 Å². The number of rotatable bonds is 1. The Labute approximate surface area is 75.9 Å². The highest BCUT2D eigenvalue weighted by Crippen LogP contribution is 2.23. The van der Waals surface area contributed by atoms with Gasteiger partial charge >= 0.3 is 0 Å². The smallest absolute Gasteiger partial charge is 0.0485 e. The second-order valence-electron chi connectivity index (χ2n) is 2.73. The minimum absolute atomic E-state index is 1.22. The molecule has 0 unspecified atom stereocenters. The molecule has 0 radical (unpaired) electrons. The summed E-state index contributed by atoms with van der Waals surface area (Å²) in [5, 5.41) is 2.07. The van der Waals surface area contributed by atoms with Crippen LogP contribution in [-0.2, 0) is 0 Å². The van der Waals surface area contributed by atoms with Crippen molar-refractivity contribution < 1.29 is 0 Å². The maximum atomic E-state index is 4.08. The summed E-state index contributed by atoms with van der Waals surface area (Å²) in [6.07, 6.45) is 1.91. The maximum absolute atomic E-state index is 4.08. The van der Waals surface area contributed by atoms with Gasteiger partial charge in [0.1, 0.15) is 0 Å². The first kappa shape index (κ1) is 7.50. The molecular weight excluding hydrogens is 166 g/mol. The van der Waals surface area contributed by atoms with Gasteiger partial charge in [-0.05, 0) is 29.6 Å². The average Bonchev–Trinajstić information content (AvgIpc) is 2.57. The normalized spacial score (nSPS) is 10.1. The predicted octanol–water partition coefficient (Wildman–Crippen LogP) is 3.12. The van der Waals surface area contributed by atoms with Crippen molar-refractivity contribution in [3.63, 3.8) is 0 Å². The summed E-state index contributed by atoms with van der Waals surface area (Å²) < 4.78 is 4.08. The first-order valence-electron chi connectivity index (χ1n) is 3.83. The molecule has 0 aliphatic rings. The van der Waals surface area contributed by atoms with E-state index in [1.165, 1.54) is 28.2 Å². The molecule has 0 amide bonds. The lowest BCUT2D eigenvalue weighted by atomic mass is 10.0. The Kier molecular flexibility index (Phi) is 1.92. The van der Waals surface area contributed by atoms with E-state index in [-0.39, 0.29) is 0 Å². The van der Waals surface area contributed by atoms with E-state index in [0.717, 1.165) is 0 Å². The Morgan fingerprint density at radius 1 is 1.25 bits per heavy atom. The molecule has 1 aromatic heterocycles. The molecule has 0 aliphatic carbocycles. The van der Waals surface area contributed by atoms with Gasteiger partial charge in [0.05, 0.1) is 0 Å². The molecule has 0 atom stereocenters. The Balaban J connectivity index is 2.55.